The molecule has 0 atom stereocenters. The monoisotopic (exact) mass is 510 g/mol. The first-order valence-corrected chi connectivity index (χ1v) is 13.0. The fourth-order valence-electron chi connectivity index (χ4n) is 3.55. The molecule has 0 aliphatic carbocycles. The molecule has 0 radical (unpaired) electrons. The molecule has 12 heteroatoms. The van der Waals surface area contributed by atoms with Gasteiger partial charge in [0.25, 0.3) is 5.91 Å². The second-order valence-corrected chi connectivity index (χ2v) is 10.7. The Labute approximate surface area is 198 Å². The molecule has 1 N–H and O–H groups in total. The fourth-order valence-corrected chi connectivity index (χ4v) is 4.88. The normalized spacial score (nSPS) is 14.8. The molecule has 1 aliphatic heterocycles. The first-order valence-electron chi connectivity index (χ1n) is 10.2. The van der Waals surface area contributed by atoms with E-state index in [4.69, 9.17) is 0 Å². The number of benzene rings is 2. The number of sulfone groups is 1. The Morgan fingerprint density at radius 3 is 2.35 bits per heavy atom. The van der Waals surface area contributed by atoms with Gasteiger partial charge in [0.15, 0.2) is 15.0 Å². The van der Waals surface area contributed by atoms with Gasteiger partial charge in [0.05, 0.1) is 10.5 Å². The molecule has 3 aromatic rings. The predicted octanol–water partition coefficient (Wildman–Crippen LogP) is 4.27. The van der Waals surface area contributed by atoms with Crippen LogP contribution in [0.25, 0.3) is 0 Å². The smallest absolute Gasteiger partial charge is 0.368 e. The van der Waals surface area contributed by atoms with Gasteiger partial charge in [-0.1, -0.05) is 6.07 Å². The second kappa shape index (κ2) is 9.26. The maximum atomic E-state index is 13.0. The summed E-state index contributed by atoms with van der Waals surface area (Å²) in [6.07, 6.45) is -3.27. The van der Waals surface area contributed by atoms with Crippen molar-refractivity contribution in [1.82, 2.24) is 9.88 Å². The lowest BCUT2D eigenvalue weighted by molar-refractivity contribution is -0.137. The van der Waals surface area contributed by atoms with Gasteiger partial charge in [-0.05, 0) is 42.5 Å². The summed E-state index contributed by atoms with van der Waals surface area (Å²) in [6, 6.07) is 11.4. The largest absolute Gasteiger partial charge is 0.416 e. The first kappa shape index (κ1) is 24.0. The summed E-state index contributed by atoms with van der Waals surface area (Å²) in [5, 5.41) is 5.17. The Bertz CT molecular complexity index is 1280. The zero-order valence-electron chi connectivity index (χ0n) is 18.0. The molecule has 34 heavy (non-hydrogen) atoms. The number of alkyl halides is 3. The van der Waals surface area contributed by atoms with Gasteiger partial charge in [-0.3, -0.25) is 4.79 Å². The SMILES string of the molecule is CS(=O)(=O)c1ccc(Nc2nc(C(=O)N3CCN(c4cccc(C(F)(F)F)c4)CC3)cs2)cc1. The Morgan fingerprint density at radius 2 is 1.74 bits per heavy atom. The average Bonchev–Trinajstić information content (AvgIpc) is 3.26. The summed E-state index contributed by atoms with van der Waals surface area (Å²) < 4.78 is 62.1. The molecule has 4 rings (SSSR count). The lowest BCUT2D eigenvalue weighted by Gasteiger charge is -2.36. The predicted molar refractivity (Wildman–Crippen MR) is 125 cm³/mol. The number of thiazole rings is 1. The van der Waals surface area contributed by atoms with Crippen LogP contribution >= 0.6 is 11.3 Å². The van der Waals surface area contributed by atoms with Crippen molar-refractivity contribution in [3.8, 4) is 0 Å². The van der Waals surface area contributed by atoms with Gasteiger partial charge in [0.2, 0.25) is 0 Å². The van der Waals surface area contributed by atoms with E-state index in [2.05, 4.69) is 10.3 Å². The molecule has 2 heterocycles. The van der Waals surface area contributed by atoms with E-state index in [9.17, 15) is 26.4 Å². The Morgan fingerprint density at radius 1 is 1.06 bits per heavy atom. The molecule has 180 valence electrons. The molecule has 0 bridgehead atoms. The summed E-state index contributed by atoms with van der Waals surface area (Å²) in [4.78, 5) is 20.8. The second-order valence-electron chi connectivity index (χ2n) is 7.79. The first-order chi connectivity index (χ1) is 16.0. The van der Waals surface area contributed by atoms with E-state index in [-0.39, 0.29) is 16.5 Å². The summed E-state index contributed by atoms with van der Waals surface area (Å²) in [6.45, 7) is 1.55. The molecule has 7 nitrogen and oxygen atoms in total. The number of rotatable bonds is 5. The van der Waals surface area contributed by atoms with E-state index in [1.807, 2.05) is 4.90 Å². The van der Waals surface area contributed by atoms with Crippen molar-refractivity contribution in [3.63, 3.8) is 0 Å². The van der Waals surface area contributed by atoms with Crippen molar-refractivity contribution >= 4 is 43.6 Å². The van der Waals surface area contributed by atoms with Crippen LogP contribution in [-0.2, 0) is 16.0 Å². The van der Waals surface area contributed by atoms with E-state index in [1.54, 1.807) is 28.5 Å². The van der Waals surface area contributed by atoms with Crippen molar-refractivity contribution in [1.29, 1.82) is 0 Å². The van der Waals surface area contributed by atoms with E-state index >= 15 is 0 Å². The minimum atomic E-state index is -4.40. The van der Waals surface area contributed by atoms with Crippen LogP contribution in [0, 0.1) is 0 Å². The highest BCUT2D eigenvalue weighted by atomic mass is 32.2. The van der Waals surface area contributed by atoms with Crippen molar-refractivity contribution in [2.75, 3.05) is 42.7 Å². The number of hydrogen-bond acceptors (Lipinski definition) is 7. The van der Waals surface area contributed by atoms with Gasteiger partial charge in [-0.2, -0.15) is 13.2 Å². The molecule has 1 aromatic heterocycles. The number of nitrogens with one attached hydrogen (secondary N) is 1. The molecular weight excluding hydrogens is 489 g/mol. The quantitative estimate of drug-likeness (QED) is 0.552. The molecule has 1 saturated heterocycles. The van der Waals surface area contributed by atoms with E-state index in [0.29, 0.717) is 42.7 Å². The van der Waals surface area contributed by atoms with Gasteiger partial charge in [0.1, 0.15) is 5.69 Å². The van der Waals surface area contributed by atoms with Crippen LogP contribution in [0.4, 0.5) is 29.7 Å². The zero-order valence-corrected chi connectivity index (χ0v) is 19.7. The van der Waals surface area contributed by atoms with Gasteiger partial charge in [-0.15, -0.1) is 11.3 Å². The van der Waals surface area contributed by atoms with Gasteiger partial charge < -0.3 is 15.1 Å². The number of anilines is 3. The molecule has 1 aliphatic rings. The Hall–Kier alpha value is -3.12. The third kappa shape index (κ3) is 5.50. The van der Waals surface area contributed by atoms with Gasteiger partial charge in [-0.25, -0.2) is 13.4 Å². The molecule has 0 unspecified atom stereocenters. The van der Waals surface area contributed by atoms with Crippen LogP contribution in [0.3, 0.4) is 0 Å². The summed E-state index contributed by atoms with van der Waals surface area (Å²) in [7, 11) is -3.29. The molecule has 0 spiro atoms. The maximum Gasteiger partial charge on any atom is 0.416 e. The molecule has 1 fully saturated rings. The van der Waals surface area contributed by atoms with Crippen LogP contribution in [0.5, 0.6) is 0 Å². The zero-order chi connectivity index (χ0) is 24.5. The van der Waals surface area contributed by atoms with E-state index in [1.165, 1.54) is 29.5 Å². The molecule has 0 saturated carbocycles. The van der Waals surface area contributed by atoms with Crippen molar-refractivity contribution in [2.24, 2.45) is 0 Å². The molecule has 2 aromatic carbocycles. The lowest BCUT2D eigenvalue weighted by atomic mass is 10.1. The van der Waals surface area contributed by atoms with Crippen LogP contribution in [0.2, 0.25) is 0 Å². The van der Waals surface area contributed by atoms with Crippen molar-refractivity contribution < 1.29 is 26.4 Å². The number of nitrogens with zero attached hydrogens (tertiary/aromatic N) is 3. The third-order valence-corrected chi connectivity index (χ3v) is 7.25. The van der Waals surface area contributed by atoms with Gasteiger partial charge in [0, 0.05) is 49.2 Å². The minimum Gasteiger partial charge on any atom is -0.368 e. The summed E-state index contributed by atoms with van der Waals surface area (Å²) in [5.74, 6) is -0.250. The average molecular weight is 511 g/mol. The summed E-state index contributed by atoms with van der Waals surface area (Å²) in [5.41, 5.74) is 0.684. The molecule has 1 amide bonds. The maximum absolute atomic E-state index is 13.0. The number of hydrogen-bond donors (Lipinski definition) is 1. The highest BCUT2D eigenvalue weighted by Gasteiger charge is 2.31. The standard InChI is InChI=1S/C22H21F3N4O3S2/c1-34(31,32)18-7-5-16(6-8-18)26-21-27-19(14-33-21)20(30)29-11-9-28(10-12-29)17-4-2-3-15(13-17)22(23,24)25/h2-8,13-14H,9-12H2,1H3,(H,26,27). The van der Waals surface area contributed by atoms with Crippen LogP contribution < -0.4 is 10.2 Å². The highest BCUT2D eigenvalue weighted by molar-refractivity contribution is 7.90. The van der Waals surface area contributed by atoms with Gasteiger partial charge >= 0.3 is 6.18 Å². The number of aromatic nitrogens is 1. The van der Waals surface area contributed by atoms with Crippen LogP contribution in [0.15, 0.2) is 58.8 Å². The Kier molecular flexibility index (Phi) is 6.54. The minimum absolute atomic E-state index is 0.206. The lowest BCUT2D eigenvalue weighted by Crippen LogP contribution is -2.48. The van der Waals surface area contributed by atoms with Crippen LogP contribution in [0.1, 0.15) is 16.1 Å². The fraction of sp³-hybridized carbons (Fsp3) is 0.273. The number of piperazine rings is 1. The van der Waals surface area contributed by atoms with Crippen LogP contribution in [-0.4, -0.2) is 56.6 Å². The van der Waals surface area contributed by atoms with E-state index in [0.717, 1.165) is 18.4 Å². The third-order valence-electron chi connectivity index (χ3n) is 5.36. The highest BCUT2D eigenvalue weighted by Crippen LogP contribution is 2.32. The van der Waals surface area contributed by atoms with Crippen molar-refractivity contribution in [2.45, 2.75) is 11.1 Å². The summed E-state index contributed by atoms with van der Waals surface area (Å²) >= 11 is 1.24. The van der Waals surface area contributed by atoms with E-state index < -0.39 is 21.6 Å². The number of carbonyl (C=O) groups is 1. The number of halogens is 3. The van der Waals surface area contributed by atoms with Crippen molar-refractivity contribution in [3.05, 3.63) is 65.2 Å². The topological polar surface area (TPSA) is 82.6 Å². The molecular formula is C22H21F3N4O3S2. The number of amides is 1. The number of carbonyl (C=O) groups excluding carboxylic acids is 1. The Balaban J connectivity index is 1.36.